The van der Waals surface area contributed by atoms with Gasteiger partial charge in [0.2, 0.25) is 11.7 Å². The molecule has 1 saturated heterocycles. The molecule has 3 aromatic carbocycles. The third-order valence-corrected chi connectivity index (χ3v) is 6.89. The summed E-state index contributed by atoms with van der Waals surface area (Å²) in [7, 11) is 0. The van der Waals surface area contributed by atoms with Gasteiger partial charge < -0.3 is 18.9 Å². The second kappa shape index (κ2) is 11.5. The molecule has 1 aliphatic rings. The number of hydrogen-bond acceptors (Lipinski definition) is 6. The average molecular weight is 541 g/mol. The number of ether oxygens (including phenoxy) is 2. The molecule has 208 valence electrons. The van der Waals surface area contributed by atoms with Crippen LogP contribution in [0.1, 0.15) is 63.6 Å². The fraction of sp³-hybridized carbons (Fsp3) is 0.375. The molecule has 0 spiro atoms. The number of aliphatic imine (C=N–C) groups is 1. The quantitative estimate of drug-likeness (QED) is 0.187. The molecule has 0 radical (unpaired) electrons. The summed E-state index contributed by atoms with van der Waals surface area (Å²) in [6.07, 6.45) is 2.04. The van der Waals surface area contributed by atoms with Crippen molar-refractivity contribution in [2.24, 2.45) is 4.99 Å². The maximum atomic E-state index is 12.2. The number of aryl methyl sites for hydroxylation is 1. The fourth-order valence-electron chi connectivity index (χ4n) is 4.87. The minimum absolute atomic E-state index is 0.132. The van der Waals surface area contributed by atoms with Gasteiger partial charge in [0.05, 0.1) is 6.61 Å². The van der Waals surface area contributed by atoms with E-state index >= 15 is 0 Å². The number of aromatic nitrogens is 2. The molecule has 1 fully saturated rings. The molecule has 1 amide bonds. The van der Waals surface area contributed by atoms with Crippen molar-refractivity contribution in [1.82, 2.24) is 15.0 Å². The van der Waals surface area contributed by atoms with E-state index in [2.05, 4.69) is 59.5 Å². The molecule has 0 N–H and O–H groups in total. The number of hydrogen-bond donors (Lipinski definition) is 0. The van der Waals surface area contributed by atoms with Crippen molar-refractivity contribution in [3.63, 3.8) is 0 Å². The van der Waals surface area contributed by atoms with Gasteiger partial charge in [-0.3, -0.25) is 0 Å². The summed E-state index contributed by atoms with van der Waals surface area (Å²) in [5, 5.41) is 6.41. The highest BCUT2D eigenvalue weighted by molar-refractivity contribution is 5.90. The highest BCUT2D eigenvalue weighted by Crippen LogP contribution is 2.33. The van der Waals surface area contributed by atoms with Gasteiger partial charge in [0.1, 0.15) is 23.2 Å². The van der Waals surface area contributed by atoms with Crippen LogP contribution in [0.3, 0.4) is 0 Å². The Morgan fingerprint density at radius 3 is 2.60 bits per heavy atom. The van der Waals surface area contributed by atoms with Gasteiger partial charge in [0.25, 0.3) is 0 Å². The van der Waals surface area contributed by atoms with Crippen LogP contribution in [0, 0.1) is 6.92 Å². The van der Waals surface area contributed by atoms with Gasteiger partial charge in [-0.1, -0.05) is 53.2 Å². The van der Waals surface area contributed by atoms with Crippen molar-refractivity contribution in [3.05, 3.63) is 77.7 Å². The van der Waals surface area contributed by atoms with Crippen molar-refractivity contribution in [2.75, 3.05) is 13.2 Å². The third-order valence-electron chi connectivity index (χ3n) is 6.89. The molecule has 8 nitrogen and oxygen atoms in total. The van der Waals surface area contributed by atoms with Crippen LogP contribution < -0.4 is 4.74 Å². The number of carbonyl (C=O) groups is 1. The molecule has 0 saturated carbocycles. The number of fused-ring (bicyclic) bond motifs is 1. The number of benzene rings is 3. The number of carbonyl (C=O) groups excluding carboxylic acids is 1. The zero-order valence-corrected chi connectivity index (χ0v) is 23.8. The number of likely N-dealkylation sites (tertiary alicyclic amines) is 1. The minimum Gasteiger partial charge on any atom is -0.493 e. The Kier molecular flexibility index (Phi) is 7.87. The van der Waals surface area contributed by atoms with Crippen LogP contribution in [0.2, 0.25) is 0 Å². The van der Waals surface area contributed by atoms with Gasteiger partial charge in [0, 0.05) is 18.5 Å². The highest BCUT2D eigenvalue weighted by Gasteiger charge is 2.32. The first-order valence-electron chi connectivity index (χ1n) is 13.8. The lowest BCUT2D eigenvalue weighted by Crippen LogP contribution is -2.30. The number of amides is 1. The molecule has 0 aliphatic carbocycles. The Labute approximate surface area is 235 Å². The molecule has 1 aromatic heterocycles. The predicted octanol–water partition coefficient (Wildman–Crippen LogP) is 7.31. The van der Waals surface area contributed by atoms with Crippen molar-refractivity contribution >= 4 is 22.7 Å². The molecule has 40 heavy (non-hydrogen) atoms. The van der Waals surface area contributed by atoms with Gasteiger partial charge >= 0.3 is 6.09 Å². The second-order valence-electron chi connectivity index (χ2n) is 11.3. The molecular formula is C32H36N4O4. The lowest BCUT2D eigenvalue weighted by Gasteiger charge is -2.24. The lowest BCUT2D eigenvalue weighted by molar-refractivity contribution is 0.0601. The van der Waals surface area contributed by atoms with E-state index in [0.29, 0.717) is 24.2 Å². The number of amidine groups is 1. The topological polar surface area (TPSA) is 90.0 Å². The average Bonchev–Trinajstić information content (AvgIpc) is 3.58. The van der Waals surface area contributed by atoms with Crippen LogP contribution >= 0.6 is 0 Å². The Bertz CT molecular complexity index is 1520. The van der Waals surface area contributed by atoms with Crippen molar-refractivity contribution in [1.29, 1.82) is 0 Å². The molecule has 1 aliphatic heterocycles. The van der Waals surface area contributed by atoms with Crippen LogP contribution in [-0.4, -0.2) is 45.7 Å². The normalized spacial score (nSPS) is 16.0. The summed E-state index contributed by atoms with van der Waals surface area (Å²) in [6, 6.07) is 20.6. The van der Waals surface area contributed by atoms with E-state index in [4.69, 9.17) is 19.0 Å². The summed E-state index contributed by atoms with van der Waals surface area (Å²) >= 11 is 0. The first-order chi connectivity index (χ1) is 19.1. The van der Waals surface area contributed by atoms with E-state index in [1.807, 2.05) is 50.8 Å². The fourth-order valence-corrected chi connectivity index (χ4v) is 4.87. The highest BCUT2D eigenvalue weighted by atomic mass is 16.6. The molecule has 1 atom stereocenters. The van der Waals surface area contributed by atoms with Crippen molar-refractivity contribution < 1.29 is 18.8 Å². The van der Waals surface area contributed by atoms with Crippen LogP contribution in [0.4, 0.5) is 4.79 Å². The zero-order valence-electron chi connectivity index (χ0n) is 23.8. The molecule has 5 rings (SSSR count). The Balaban J connectivity index is 1.25. The maximum Gasteiger partial charge on any atom is 0.435 e. The standard InChI is InChI=1S/C32H36N4O4/c1-21-8-10-23(11-9-21)16-18-38-27-15-14-24-19-26(13-12-25(24)20-27)29-34-30(40-35-29)28-7-6-17-36(28)22(2)33-31(37)39-32(3,4)5/h8-15,19-20,28H,6-7,16-18H2,1-5H3/b33-22+/t28-/m0/s1. The van der Waals surface area contributed by atoms with Crippen molar-refractivity contribution in [3.8, 4) is 17.1 Å². The van der Waals surface area contributed by atoms with Gasteiger partial charge in [-0.2, -0.15) is 9.98 Å². The van der Waals surface area contributed by atoms with E-state index in [0.717, 1.165) is 47.9 Å². The van der Waals surface area contributed by atoms with Gasteiger partial charge in [-0.05, 0) is 82.0 Å². The van der Waals surface area contributed by atoms with E-state index in [-0.39, 0.29) is 6.04 Å². The van der Waals surface area contributed by atoms with Crippen LogP contribution in [0.5, 0.6) is 5.75 Å². The Morgan fingerprint density at radius 1 is 1.07 bits per heavy atom. The van der Waals surface area contributed by atoms with Crippen LogP contribution in [0.15, 0.2) is 70.2 Å². The Morgan fingerprint density at radius 2 is 1.82 bits per heavy atom. The summed E-state index contributed by atoms with van der Waals surface area (Å²) in [4.78, 5) is 23.1. The van der Waals surface area contributed by atoms with Gasteiger partial charge in [-0.15, -0.1) is 0 Å². The number of nitrogens with zero attached hydrogens (tertiary/aromatic N) is 4. The first kappa shape index (κ1) is 27.4. The Hall–Kier alpha value is -4.20. The molecule has 8 heteroatoms. The summed E-state index contributed by atoms with van der Waals surface area (Å²) in [6.45, 7) is 10.7. The molecule has 2 heterocycles. The summed E-state index contributed by atoms with van der Waals surface area (Å²) < 4.78 is 17.1. The van der Waals surface area contributed by atoms with Crippen LogP contribution in [-0.2, 0) is 11.2 Å². The van der Waals surface area contributed by atoms with Crippen molar-refractivity contribution in [2.45, 2.75) is 65.5 Å². The van der Waals surface area contributed by atoms with Gasteiger partial charge in [0.15, 0.2) is 0 Å². The third kappa shape index (κ3) is 6.68. The van der Waals surface area contributed by atoms with E-state index in [9.17, 15) is 4.79 Å². The SMILES string of the molecule is C/C(=N\C(=O)OC(C)(C)C)N1CCC[C@H]1c1nc(-c2ccc3cc(OCCc4ccc(C)cc4)ccc3c2)no1. The smallest absolute Gasteiger partial charge is 0.435 e. The van der Waals surface area contributed by atoms with E-state index in [1.54, 1.807) is 0 Å². The predicted molar refractivity (Wildman–Crippen MR) is 156 cm³/mol. The largest absolute Gasteiger partial charge is 0.493 e. The monoisotopic (exact) mass is 540 g/mol. The summed E-state index contributed by atoms with van der Waals surface area (Å²) in [5.41, 5.74) is 2.81. The lowest BCUT2D eigenvalue weighted by atomic mass is 10.1. The summed E-state index contributed by atoms with van der Waals surface area (Å²) in [5.74, 6) is 2.48. The first-order valence-corrected chi connectivity index (χ1v) is 13.8. The molecule has 0 unspecified atom stereocenters. The number of rotatable bonds is 6. The molecule has 0 bridgehead atoms. The molecular weight excluding hydrogens is 504 g/mol. The molecule has 4 aromatic rings. The zero-order chi connectivity index (χ0) is 28.3. The van der Waals surface area contributed by atoms with Crippen LogP contribution in [0.25, 0.3) is 22.2 Å². The second-order valence-corrected chi connectivity index (χ2v) is 11.3. The van der Waals surface area contributed by atoms with E-state index < -0.39 is 11.7 Å². The maximum absolute atomic E-state index is 12.2. The minimum atomic E-state index is -0.599. The van der Waals surface area contributed by atoms with Gasteiger partial charge in [-0.25, -0.2) is 4.79 Å². The van der Waals surface area contributed by atoms with E-state index in [1.165, 1.54) is 11.1 Å².